The first-order chi connectivity index (χ1) is 20.8. The summed E-state index contributed by atoms with van der Waals surface area (Å²) in [5.41, 5.74) is 1.27. The summed E-state index contributed by atoms with van der Waals surface area (Å²) in [4.78, 5) is 50.9. The van der Waals surface area contributed by atoms with Gasteiger partial charge in [0.25, 0.3) is 5.91 Å². The number of halogens is 6. The number of amides is 3. The van der Waals surface area contributed by atoms with Gasteiger partial charge in [-0.15, -0.1) is 10.2 Å². The minimum Gasteiger partial charge on any atom is -0.475 e. The van der Waals surface area contributed by atoms with Crippen molar-refractivity contribution in [2.45, 2.75) is 31.2 Å². The maximum atomic E-state index is 12.7. The van der Waals surface area contributed by atoms with Crippen LogP contribution < -0.4 is 5.32 Å². The lowest BCUT2D eigenvalue weighted by Crippen LogP contribution is -2.52. The highest BCUT2D eigenvalue weighted by Crippen LogP contribution is 2.24. The minimum absolute atomic E-state index is 0.00927. The Morgan fingerprint density at radius 3 is 2.00 bits per heavy atom. The Morgan fingerprint density at radius 1 is 0.933 bits per heavy atom. The van der Waals surface area contributed by atoms with Crippen LogP contribution in [0.25, 0.3) is 5.65 Å². The summed E-state index contributed by atoms with van der Waals surface area (Å²) in [5, 5.41) is 26.0. The van der Waals surface area contributed by atoms with Gasteiger partial charge in [-0.3, -0.25) is 14.1 Å². The number of fused-ring (bicyclic) bond motifs is 1. The Morgan fingerprint density at radius 2 is 1.49 bits per heavy atom. The highest BCUT2D eigenvalue weighted by Gasteiger charge is 2.39. The van der Waals surface area contributed by atoms with Crippen LogP contribution in [-0.2, 0) is 9.59 Å². The van der Waals surface area contributed by atoms with E-state index in [9.17, 15) is 35.9 Å². The van der Waals surface area contributed by atoms with E-state index in [4.69, 9.17) is 19.8 Å². The minimum atomic E-state index is -5.08. The third-order valence-corrected chi connectivity index (χ3v) is 6.69. The van der Waals surface area contributed by atoms with E-state index in [1.807, 2.05) is 22.4 Å². The maximum Gasteiger partial charge on any atom is 0.490 e. The average molecular weight is 657 g/mol. The van der Waals surface area contributed by atoms with E-state index in [1.165, 1.54) is 12.8 Å². The van der Waals surface area contributed by atoms with Gasteiger partial charge in [-0.05, 0) is 45.1 Å². The van der Waals surface area contributed by atoms with Gasteiger partial charge in [0.2, 0.25) is 0 Å². The van der Waals surface area contributed by atoms with E-state index in [0.29, 0.717) is 30.8 Å². The summed E-state index contributed by atoms with van der Waals surface area (Å²) in [7, 11) is 5.55. The van der Waals surface area contributed by atoms with Crippen LogP contribution in [0.15, 0.2) is 18.3 Å². The third kappa shape index (κ3) is 11.0. The monoisotopic (exact) mass is 656 g/mol. The fraction of sp³-hybridized carbons (Fsp3) is 0.600. The quantitative estimate of drug-likeness (QED) is 0.405. The van der Waals surface area contributed by atoms with Crippen LogP contribution in [0, 0.1) is 0 Å². The molecule has 3 N–H and O–H groups in total. The van der Waals surface area contributed by atoms with Gasteiger partial charge in [0.15, 0.2) is 11.5 Å². The van der Waals surface area contributed by atoms with Crippen molar-refractivity contribution in [3.05, 3.63) is 29.7 Å². The average Bonchev–Trinajstić information content (AvgIpc) is 3.62. The second-order valence-electron chi connectivity index (χ2n) is 10.2. The Bertz CT molecular complexity index is 1310. The standard InChI is InChI=1S/C21H32N8O2.2C2HF3O2/c1-25(2)21(31)28-13-12-26(3)17(15-28)19-24-23-18-7-6-16(14-29(18)19)20(30)22-8-11-27-9-4-5-10-27;2*3-2(4,5)1(6)7/h6-7,14,17H,4-5,8-13,15H2,1-3H3,(H,22,30);2*(H,6,7). The Kier molecular flexibility index (Phi) is 12.9. The molecule has 4 rings (SSSR count). The predicted molar refractivity (Wildman–Crippen MR) is 144 cm³/mol. The highest BCUT2D eigenvalue weighted by atomic mass is 19.4. The number of rotatable bonds is 5. The number of carbonyl (C=O) groups excluding carboxylic acids is 2. The number of nitrogens with one attached hydrogen (secondary N) is 1. The molecule has 0 saturated carbocycles. The topological polar surface area (TPSA) is 164 Å². The molecule has 2 saturated heterocycles. The molecule has 14 nitrogen and oxygen atoms in total. The zero-order chi connectivity index (χ0) is 34.1. The smallest absolute Gasteiger partial charge is 0.475 e. The van der Waals surface area contributed by atoms with Crippen LogP contribution in [0.3, 0.4) is 0 Å². The number of urea groups is 1. The molecule has 20 heteroatoms. The van der Waals surface area contributed by atoms with E-state index in [0.717, 1.165) is 32.0 Å². The molecule has 1 unspecified atom stereocenters. The highest BCUT2D eigenvalue weighted by molar-refractivity contribution is 5.94. The first-order valence-corrected chi connectivity index (χ1v) is 13.4. The van der Waals surface area contributed by atoms with Gasteiger partial charge < -0.3 is 30.2 Å². The predicted octanol–water partition coefficient (Wildman–Crippen LogP) is 1.79. The molecular weight excluding hydrogens is 622 g/mol. The molecule has 2 fully saturated rings. The van der Waals surface area contributed by atoms with Crippen LogP contribution in [0.1, 0.15) is 35.1 Å². The molecule has 2 aromatic rings. The van der Waals surface area contributed by atoms with Gasteiger partial charge in [-0.25, -0.2) is 14.4 Å². The molecule has 0 aliphatic carbocycles. The number of alkyl halides is 6. The number of hydrogen-bond donors (Lipinski definition) is 3. The number of pyridine rings is 1. The molecule has 4 heterocycles. The molecular formula is C25H34F6N8O6. The Labute approximate surface area is 253 Å². The van der Waals surface area contributed by atoms with E-state index in [1.54, 1.807) is 31.3 Å². The van der Waals surface area contributed by atoms with E-state index in [2.05, 4.69) is 25.3 Å². The molecule has 2 aromatic heterocycles. The number of piperazine rings is 1. The number of carboxylic acid groups (broad SMARTS) is 2. The summed E-state index contributed by atoms with van der Waals surface area (Å²) in [6.07, 6.45) is -5.88. The van der Waals surface area contributed by atoms with Crippen LogP contribution in [0.2, 0.25) is 0 Å². The normalized spacial score (nSPS) is 17.5. The molecule has 1 atom stereocenters. The fourth-order valence-corrected chi connectivity index (χ4v) is 4.31. The van der Waals surface area contributed by atoms with Crippen LogP contribution in [0.4, 0.5) is 31.1 Å². The second-order valence-corrected chi connectivity index (χ2v) is 10.2. The number of hydrogen-bond acceptors (Lipinski definition) is 8. The zero-order valence-corrected chi connectivity index (χ0v) is 24.6. The fourth-order valence-electron chi connectivity index (χ4n) is 4.31. The molecule has 0 aromatic carbocycles. The van der Waals surface area contributed by atoms with Crippen molar-refractivity contribution in [1.82, 2.24) is 39.5 Å². The number of aliphatic carboxylic acids is 2. The molecule has 252 valence electrons. The van der Waals surface area contributed by atoms with Gasteiger partial charge >= 0.3 is 30.3 Å². The Balaban J connectivity index is 0.000000421. The van der Waals surface area contributed by atoms with E-state index >= 15 is 0 Å². The summed E-state index contributed by atoms with van der Waals surface area (Å²) in [5.74, 6) is -4.87. The second kappa shape index (κ2) is 15.7. The van der Waals surface area contributed by atoms with Crippen molar-refractivity contribution in [2.75, 3.05) is 67.0 Å². The Hall–Kier alpha value is -4.20. The van der Waals surface area contributed by atoms with Crippen molar-refractivity contribution in [3.8, 4) is 0 Å². The van der Waals surface area contributed by atoms with Crippen molar-refractivity contribution >= 4 is 29.5 Å². The van der Waals surface area contributed by atoms with E-state index in [-0.39, 0.29) is 18.0 Å². The number of likely N-dealkylation sites (tertiary alicyclic amines) is 1. The van der Waals surface area contributed by atoms with Crippen LogP contribution in [0.5, 0.6) is 0 Å². The number of nitrogens with zero attached hydrogens (tertiary/aromatic N) is 7. The number of carboxylic acids is 2. The third-order valence-electron chi connectivity index (χ3n) is 6.69. The summed E-state index contributed by atoms with van der Waals surface area (Å²) in [6, 6.07) is 3.49. The number of likely N-dealkylation sites (N-methyl/N-ethyl adjacent to an activating group) is 1. The van der Waals surface area contributed by atoms with Crippen molar-refractivity contribution in [3.63, 3.8) is 0 Å². The largest absolute Gasteiger partial charge is 0.490 e. The van der Waals surface area contributed by atoms with Gasteiger partial charge in [0.05, 0.1) is 11.6 Å². The lowest BCUT2D eigenvalue weighted by atomic mass is 10.1. The van der Waals surface area contributed by atoms with Crippen LogP contribution >= 0.6 is 0 Å². The van der Waals surface area contributed by atoms with E-state index < -0.39 is 24.3 Å². The van der Waals surface area contributed by atoms with Gasteiger partial charge in [-0.2, -0.15) is 26.3 Å². The number of carbonyl (C=O) groups is 4. The molecule has 0 spiro atoms. The van der Waals surface area contributed by atoms with Gasteiger partial charge in [0.1, 0.15) is 0 Å². The van der Waals surface area contributed by atoms with Crippen LogP contribution in [-0.4, -0.2) is 148 Å². The first-order valence-electron chi connectivity index (χ1n) is 13.4. The molecule has 2 aliphatic heterocycles. The SMILES string of the molecule is CN(C)C(=O)N1CCN(C)C(c2nnc3ccc(C(=O)NCCN4CCCC4)cn23)C1.O=C(O)C(F)(F)F.O=C(O)C(F)(F)F. The zero-order valence-electron chi connectivity index (χ0n) is 24.6. The molecule has 0 radical (unpaired) electrons. The number of aromatic nitrogens is 3. The maximum absolute atomic E-state index is 12.7. The molecule has 0 bridgehead atoms. The molecule has 3 amide bonds. The molecule has 45 heavy (non-hydrogen) atoms. The lowest BCUT2D eigenvalue weighted by Gasteiger charge is -2.39. The van der Waals surface area contributed by atoms with Crippen molar-refractivity contribution in [2.24, 2.45) is 0 Å². The summed E-state index contributed by atoms with van der Waals surface area (Å²) >= 11 is 0. The summed E-state index contributed by atoms with van der Waals surface area (Å²) in [6.45, 7) is 5.71. The van der Waals surface area contributed by atoms with Crippen molar-refractivity contribution in [1.29, 1.82) is 0 Å². The summed E-state index contributed by atoms with van der Waals surface area (Å²) < 4.78 is 65.3. The van der Waals surface area contributed by atoms with Crippen molar-refractivity contribution < 1.29 is 55.7 Å². The first kappa shape index (κ1) is 37.0. The van der Waals surface area contributed by atoms with Gasteiger partial charge in [-0.1, -0.05) is 0 Å². The lowest BCUT2D eigenvalue weighted by molar-refractivity contribution is -0.193. The van der Waals surface area contributed by atoms with Gasteiger partial charge in [0, 0.05) is 53.0 Å². The molecule has 2 aliphatic rings.